The second-order valence-electron chi connectivity index (χ2n) is 6.86. The first-order valence-corrected chi connectivity index (χ1v) is 9.35. The van der Waals surface area contributed by atoms with E-state index in [1.165, 1.54) is 12.1 Å². The number of rotatable bonds is 6. The van der Waals surface area contributed by atoms with Crippen LogP contribution in [0.5, 0.6) is 23.0 Å². The molecule has 0 aromatic heterocycles. The molecule has 9 heteroatoms. The molecule has 2 aliphatic rings. The second kappa shape index (κ2) is 7.94. The molecule has 2 N–H and O–H groups in total. The molecular formula is C21H20N2O7. The van der Waals surface area contributed by atoms with Crippen molar-refractivity contribution in [3.63, 3.8) is 0 Å². The first-order valence-electron chi connectivity index (χ1n) is 9.35. The highest BCUT2D eigenvalue weighted by Crippen LogP contribution is 2.42. The number of hydrogen-bond acceptors (Lipinski definition) is 7. The van der Waals surface area contributed by atoms with E-state index in [-0.39, 0.29) is 31.1 Å². The van der Waals surface area contributed by atoms with Gasteiger partial charge in [0, 0.05) is 24.0 Å². The van der Waals surface area contributed by atoms with Crippen LogP contribution in [0.2, 0.25) is 0 Å². The van der Waals surface area contributed by atoms with E-state index in [9.17, 15) is 14.7 Å². The van der Waals surface area contributed by atoms with Crippen molar-refractivity contribution in [1.82, 2.24) is 5.01 Å². The van der Waals surface area contributed by atoms with Crippen LogP contribution in [-0.2, 0) is 9.59 Å². The van der Waals surface area contributed by atoms with Crippen molar-refractivity contribution in [2.45, 2.75) is 25.3 Å². The Bertz CT molecular complexity index is 1030. The lowest BCUT2D eigenvalue weighted by atomic mass is 9.97. The standard InChI is InChI=1S/C21H20N2O7/c1-28-17-4-2-3-13(21(17)27)15-10-14(22-23(15)19(24)7-8-20(25)26)12-5-6-16-18(9-12)30-11-29-16/h2-6,9,15,27H,7-8,10-11H2,1H3,(H,25,26). The number of carbonyl (C=O) groups is 2. The number of fused-ring (bicyclic) bond motifs is 1. The van der Waals surface area contributed by atoms with Gasteiger partial charge < -0.3 is 24.4 Å². The summed E-state index contributed by atoms with van der Waals surface area (Å²) in [7, 11) is 1.44. The Morgan fingerprint density at radius 1 is 1.20 bits per heavy atom. The van der Waals surface area contributed by atoms with Gasteiger partial charge in [-0.1, -0.05) is 12.1 Å². The molecule has 1 atom stereocenters. The molecule has 0 fully saturated rings. The van der Waals surface area contributed by atoms with Crippen LogP contribution in [0.15, 0.2) is 41.5 Å². The number of para-hydroxylation sites is 1. The van der Waals surface area contributed by atoms with Crippen molar-refractivity contribution in [2.75, 3.05) is 13.9 Å². The first kappa shape index (κ1) is 19.6. The molecule has 2 aromatic carbocycles. The third-order valence-corrected chi connectivity index (χ3v) is 5.03. The van der Waals surface area contributed by atoms with E-state index in [1.807, 2.05) is 6.07 Å². The minimum atomic E-state index is -1.07. The molecule has 0 aliphatic carbocycles. The van der Waals surface area contributed by atoms with Crippen molar-refractivity contribution < 1.29 is 34.0 Å². The number of hydrazone groups is 1. The van der Waals surface area contributed by atoms with Gasteiger partial charge in [-0.3, -0.25) is 9.59 Å². The lowest BCUT2D eigenvalue weighted by Crippen LogP contribution is -2.27. The summed E-state index contributed by atoms with van der Waals surface area (Å²) in [4.78, 5) is 23.7. The highest BCUT2D eigenvalue weighted by Gasteiger charge is 2.35. The van der Waals surface area contributed by atoms with Gasteiger partial charge >= 0.3 is 5.97 Å². The predicted molar refractivity (Wildman–Crippen MR) is 105 cm³/mol. The van der Waals surface area contributed by atoms with Crippen molar-refractivity contribution in [3.05, 3.63) is 47.5 Å². The summed E-state index contributed by atoms with van der Waals surface area (Å²) < 4.78 is 15.9. The molecule has 1 unspecified atom stereocenters. The summed E-state index contributed by atoms with van der Waals surface area (Å²) in [6, 6.07) is 9.80. The van der Waals surface area contributed by atoms with Gasteiger partial charge in [0.1, 0.15) is 0 Å². The maximum atomic E-state index is 12.8. The number of carboxylic acid groups (broad SMARTS) is 1. The van der Waals surface area contributed by atoms with Crippen LogP contribution in [0, 0.1) is 0 Å². The molecule has 156 valence electrons. The average Bonchev–Trinajstić information content (AvgIpc) is 3.38. The number of ether oxygens (including phenoxy) is 3. The summed E-state index contributed by atoms with van der Waals surface area (Å²) in [5, 5.41) is 25.3. The summed E-state index contributed by atoms with van der Waals surface area (Å²) in [6.45, 7) is 0.144. The van der Waals surface area contributed by atoms with Crippen LogP contribution < -0.4 is 14.2 Å². The summed E-state index contributed by atoms with van der Waals surface area (Å²) in [5.74, 6) is -0.0887. The van der Waals surface area contributed by atoms with Crippen LogP contribution in [0.1, 0.15) is 36.4 Å². The number of phenolic OH excluding ortho intramolecular Hbond substituents is 1. The molecular weight excluding hydrogens is 392 g/mol. The third kappa shape index (κ3) is 3.61. The molecule has 0 saturated heterocycles. The van der Waals surface area contributed by atoms with Crippen LogP contribution >= 0.6 is 0 Å². The Kier molecular flexibility index (Phi) is 5.18. The normalized spacial score (nSPS) is 17.0. The van der Waals surface area contributed by atoms with Gasteiger partial charge in [-0.05, 0) is 24.3 Å². The van der Waals surface area contributed by atoms with E-state index in [0.29, 0.717) is 29.2 Å². The molecule has 9 nitrogen and oxygen atoms in total. The average molecular weight is 412 g/mol. The number of aromatic hydroxyl groups is 1. The maximum Gasteiger partial charge on any atom is 0.303 e. The molecule has 0 radical (unpaired) electrons. The van der Waals surface area contributed by atoms with E-state index in [4.69, 9.17) is 19.3 Å². The van der Waals surface area contributed by atoms with Gasteiger partial charge in [0.2, 0.25) is 12.7 Å². The zero-order chi connectivity index (χ0) is 21.3. The van der Waals surface area contributed by atoms with E-state index < -0.39 is 17.9 Å². The number of carboxylic acids is 1. The van der Waals surface area contributed by atoms with Gasteiger partial charge in [-0.15, -0.1) is 0 Å². The SMILES string of the molecule is COc1cccc(C2CC(c3ccc4c(c3)OCO4)=NN2C(=O)CCC(=O)O)c1O. The van der Waals surface area contributed by atoms with E-state index in [0.717, 1.165) is 5.56 Å². The fourth-order valence-electron chi connectivity index (χ4n) is 3.53. The van der Waals surface area contributed by atoms with Crippen LogP contribution in [0.4, 0.5) is 0 Å². The predicted octanol–water partition coefficient (Wildman–Crippen LogP) is 2.67. The molecule has 0 saturated carbocycles. The fourth-order valence-corrected chi connectivity index (χ4v) is 3.53. The number of methoxy groups -OCH3 is 1. The van der Waals surface area contributed by atoms with Gasteiger partial charge in [-0.25, -0.2) is 5.01 Å². The summed E-state index contributed by atoms with van der Waals surface area (Å²) in [5.41, 5.74) is 1.84. The monoisotopic (exact) mass is 412 g/mol. The molecule has 1 amide bonds. The number of benzene rings is 2. The Morgan fingerprint density at radius 2 is 2.00 bits per heavy atom. The zero-order valence-electron chi connectivity index (χ0n) is 16.2. The first-order chi connectivity index (χ1) is 14.5. The Hall–Kier alpha value is -3.75. The van der Waals surface area contributed by atoms with Gasteiger partial charge in [0.05, 0.1) is 25.3 Å². The molecule has 2 heterocycles. The molecule has 4 rings (SSSR count). The van der Waals surface area contributed by atoms with Crippen molar-refractivity contribution >= 4 is 17.6 Å². The van der Waals surface area contributed by atoms with Crippen LogP contribution in [0.25, 0.3) is 0 Å². The largest absolute Gasteiger partial charge is 0.504 e. The van der Waals surface area contributed by atoms with Crippen LogP contribution in [0.3, 0.4) is 0 Å². The second-order valence-corrected chi connectivity index (χ2v) is 6.86. The summed E-state index contributed by atoms with van der Waals surface area (Å²) in [6.07, 6.45) is -0.172. The highest BCUT2D eigenvalue weighted by atomic mass is 16.7. The van der Waals surface area contributed by atoms with Gasteiger partial charge in [-0.2, -0.15) is 5.10 Å². The molecule has 0 spiro atoms. The lowest BCUT2D eigenvalue weighted by Gasteiger charge is -2.23. The zero-order valence-corrected chi connectivity index (χ0v) is 16.2. The number of carbonyl (C=O) groups excluding carboxylic acids is 1. The van der Waals surface area contributed by atoms with Gasteiger partial charge in [0.25, 0.3) is 0 Å². The van der Waals surface area contributed by atoms with Crippen molar-refractivity contribution in [3.8, 4) is 23.0 Å². The van der Waals surface area contributed by atoms with E-state index in [2.05, 4.69) is 5.10 Å². The Morgan fingerprint density at radius 3 is 2.77 bits per heavy atom. The molecule has 2 aromatic rings. The Labute approximate surface area is 172 Å². The van der Waals surface area contributed by atoms with E-state index in [1.54, 1.807) is 30.3 Å². The number of phenols is 1. The number of nitrogens with zero attached hydrogens (tertiary/aromatic N) is 2. The minimum absolute atomic E-state index is 0.0804. The lowest BCUT2D eigenvalue weighted by molar-refractivity contribution is -0.141. The minimum Gasteiger partial charge on any atom is -0.504 e. The Balaban J connectivity index is 1.69. The molecule has 30 heavy (non-hydrogen) atoms. The van der Waals surface area contributed by atoms with E-state index >= 15 is 0 Å². The number of amides is 1. The number of hydrogen-bond donors (Lipinski definition) is 2. The van der Waals surface area contributed by atoms with Crippen molar-refractivity contribution in [1.29, 1.82) is 0 Å². The number of aliphatic carboxylic acids is 1. The van der Waals surface area contributed by atoms with Crippen molar-refractivity contribution in [2.24, 2.45) is 5.10 Å². The summed E-state index contributed by atoms with van der Waals surface area (Å²) >= 11 is 0. The third-order valence-electron chi connectivity index (χ3n) is 5.03. The quantitative estimate of drug-likeness (QED) is 0.749. The molecule has 0 bridgehead atoms. The maximum absolute atomic E-state index is 12.8. The highest BCUT2D eigenvalue weighted by molar-refractivity contribution is 6.03. The molecule has 2 aliphatic heterocycles. The fraction of sp³-hybridized carbons (Fsp3) is 0.286. The topological polar surface area (TPSA) is 118 Å². The van der Waals surface area contributed by atoms with Gasteiger partial charge in [0.15, 0.2) is 23.0 Å². The smallest absolute Gasteiger partial charge is 0.303 e. The van der Waals surface area contributed by atoms with Crippen LogP contribution in [-0.4, -0.2) is 46.7 Å².